The molecule has 0 bridgehead atoms. The lowest BCUT2D eigenvalue weighted by atomic mass is 10.1. The van der Waals surface area contributed by atoms with Gasteiger partial charge in [0.25, 0.3) is 0 Å². The van der Waals surface area contributed by atoms with Gasteiger partial charge in [-0.1, -0.05) is 6.07 Å². The van der Waals surface area contributed by atoms with Crippen LogP contribution in [0.5, 0.6) is 11.5 Å². The van der Waals surface area contributed by atoms with Crippen molar-refractivity contribution < 1.29 is 14.3 Å². The molecule has 20 heavy (non-hydrogen) atoms. The molecule has 5 heteroatoms. The first kappa shape index (κ1) is 12.5. The first-order valence-electron chi connectivity index (χ1n) is 6.40. The Kier molecular flexibility index (Phi) is 3.50. The standard InChI is InChI=1S/C15H14N2O3/c18-15(6-3-11-2-1-7-16-9-11)17-12-4-5-13-14(8-12)20-10-19-13/h1-2,4-5,7-9H,3,6,10H2,(H,17,18). The number of carbonyl (C=O) groups excluding carboxylic acids is 1. The highest BCUT2D eigenvalue weighted by Crippen LogP contribution is 2.34. The van der Waals surface area contributed by atoms with Crippen LogP contribution in [-0.2, 0) is 11.2 Å². The van der Waals surface area contributed by atoms with Crippen LogP contribution < -0.4 is 14.8 Å². The molecule has 1 N–H and O–H groups in total. The number of aromatic nitrogens is 1. The van der Waals surface area contributed by atoms with Gasteiger partial charge in [-0.3, -0.25) is 9.78 Å². The summed E-state index contributed by atoms with van der Waals surface area (Å²) in [5, 5.41) is 2.85. The number of pyridine rings is 1. The number of hydrogen-bond donors (Lipinski definition) is 1. The largest absolute Gasteiger partial charge is 0.454 e. The summed E-state index contributed by atoms with van der Waals surface area (Å²) in [5.41, 5.74) is 1.76. The monoisotopic (exact) mass is 270 g/mol. The second-order valence-corrected chi connectivity index (χ2v) is 4.48. The second-order valence-electron chi connectivity index (χ2n) is 4.48. The molecule has 0 atom stereocenters. The van der Waals surface area contributed by atoms with Crippen molar-refractivity contribution in [3.05, 3.63) is 48.3 Å². The van der Waals surface area contributed by atoms with E-state index in [4.69, 9.17) is 9.47 Å². The van der Waals surface area contributed by atoms with Gasteiger partial charge < -0.3 is 14.8 Å². The zero-order valence-corrected chi connectivity index (χ0v) is 10.8. The van der Waals surface area contributed by atoms with Crippen molar-refractivity contribution in [2.75, 3.05) is 12.1 Å². The number of hydrogen-bond acceptors (Lipinski definition) is 4. The molecule has 0 spiro atoms. The second kappa shape index (κ2) is 5.61. The molecule has 1 aliphatic heterocycles. The lowest BCUT2D eigenvalue weighted by Crippen LogP contribution is -2.12. The van der Waals surface area contributed by atoms with Gasteiger partial charge in [0, 0.05) is 30.6 Å². The number of benzene rings is 1. The first-order chi connectivity index (χ1) is 9.81. The first-order valence-corrected chi connectivity index (χ1v) is 6.40. The average molecular weight is 270 g/mol. The molecule has 0 unspecified atom stereocenters. The third-order valence-corrected chi connectivity index (χ3v) is 3.02. The van der Waals surface area contributed by atoms with Crippen molar-refractivity contribution in [1.82, 2.24) is 4.98 Å². The van der Waals surface area contributed by atoms with Crippen molar-refractivity contribution in [1.29, 1.82) is 0 Å². The molecule has 2 heterocycles. The molecular formula is C15H14N2O3. The zero-order valence-electron chi connectivity index (χ0n) is 10.8. The fourth-order valence-corrected chi connectivity index (χ4v) is 2.00. The fraction of sp³-hybridized carbons (Fsp3) is 0.200. The molecule has 5 nitrogen and oxygen atoms in total. The van der Waals surface area contributed by atoms with Crippen LogP contribution in [0, 0.1) is 0 Å². The van der Waals surface area contributed by atoms with E-state index in [2.05, 4.69) is 10.3 Å². The van der Waals surface area contributed by atoms with Gasteiger partial charge >= 0.3 is 0 Å². The molecule has 1 aliphatic rings. The molecule has 1 aromatic carbocycles. The lowest BCUT2D eigenvalue weighted by Gasteiger charge is -2.06. The van der Waals surface area contributed by atoms with Crippen LogP contribution in [0.2, 0.25) is 0 Å². The van der Waals surface area contributed by atoms with Crippen LogP contribution in [0.25, 0.3) is 0 Å². The topological polar surface area (TPSA) is 60.5 Å². The summed E-state index contributed by atoms with van der Waals surface area (Å²) in [5.74, 6) is 1.33. The molecule has 3 rings (SSSR count). The molecule has 0 aliphatic carbocycles. The van der Waals surface area contributed by atoms with Gasteiger partial charge in [-0.2, -0.15) is 0 Å². The van der Waals surface area contributed by atoms with Gasteiger partial charge in [0.05, 0.1) is 0 Å². The minimum absolute atomic E-state index is 0.0345. The number of rotatable bonds is 4. The SMILES string of the molecule is O=C(CCc1cccnc1)Nc1ccc2c(c1)OCO2. The minimum atomic E-state index is -0.0345. The Hall–Kier alpha value is -2.56. The highest BCUT2D eigenvalue weighted by atomic mass is 16.7. The number of nitrogens with one attached hydrogen (secondary N) is 1. The summed E-state index contributed by atoms with van der Waals surface area (Å²) >= 11 is 0. The van der Waals surface area contributed by atoms with E-state index in [0.29, 0.717) is 30.0 Å². The van der Waals surface area contributed by atoms with Crippen LogP contribution in [0.15, 0.2) is 42.7 Å². The maximum atomic E-state index is 11.9. The Morgan fingerprint density at radius 1 is 1.25 bits per heavy atom. The molecule has 102 valence electrons. The maximum Gasteiger partial charge on any atom is 0.231 e. The number of amides is 1. The third-order valence-electron chi connectivity index (χ3n) is 3.02. The molecule has 1 amide bonds. The predicted molar refractivity (Wildman–Crippen MR) is 73.8 cm³/mol. The molecule has 0 saturated heterocycles. The van der Waals surface area contributed by atoms with E-state index in [9.17, 15) is 4.79 Å². The number of aryl methyl sites for hydroxylation is 1. The van der Waals surface area contributed by atoms with Gasteiger partial charge in [0.2, 0.25) is 12.7 Å². The Morgan fingerprint density at radius 2 is 2.15 bits per heavy atom. The third kappa shape index (κ3) is 2.88. The van der Waals surface area contributed by atoms with Crippen LogP contribution in [-0.4, -0.2) is 17.7 Å². The van der Waals surface area contributed by atoms with E-state index in [1.54, 1.807) is 30.6 Å². The summed E-state index contributed by atoms with van der Waals surface area (Å²) in [7, 11) is 0. The number of carbonyl (C=O) groups is 1. The van der Waals surface area contributed by atoms with Crippen LogP contribution in [0.1, 0.15) is 12.0 Å². The van der Waals surface area contributed by atoms with Crippen molar-refractivity contribution in [3.8, 4) is 11.5 Å². The normalized spacial score (nSPS) is 12.2. The highest BCUT2D eigenvalue weighted by molar-refractivity contribution is 5.91. The maximum absolute atomic E-state index is 11.9. The summed E-state index contributed by atoms with van der Waals surface area (Å²) in [6, 6.07) is 9.19. The van der Waals surface area contributed by atoms with Gasteiger partial charge in [0.1, 0.15) is 0 Å². The number of fused-ring (bicyclic) bond motifs is 1. The van der Waals surface area contributed by atoms with Crippen LogP contribution in [0.4, 0.5) is 5.69 Å². The fourth-order valence-electron chi connectivity index (χ4n) is 2.00. The van der Waals surface area contributed by atoms with Crippen molar-refractivity contribution in [3.63, 3.8) is 0 Å². The lowest BCUT2D eigenvalue weighted by molar-refractivity contribution is -0.116. The van der Waals surface area contributed by atoms with E-state index >= 15 is 0 Å². The Labute approximate surface area is 116 Å². The molecule has 0 saturated carbocycles. The number of nitrogens with zero attached hydrogens (tertiary/aromatic N) is 1. The van der Waals surface area contributed by atoms with E-state index < -0.39 is 0 Å². The Balaban J connectivity index is 1.56. The zero-order chi connectivity index (χ0) is 13.8. The van der Waals surface area contributed by atoms with E-state index in [1.165, 1.54) is 0 Å². The molecule has 1 aromatic heterocycles. The molecular weight excluding hydrogens is 256 g/mol. The van der Waals surface area contributed by atoms with Crippen molar-refractivity contribution >= 4 is 11.6 Å². The smallest absolute Gasteiger partial charge is 0.231 e. The molecule has 2 aromatic rings. The Bertz CT molecular complexity index is 614. The van der Waals surface area contributed by atoms with E-state index in [0.717, 1.165) is 5.56 Å². The van der Waals surface area contributed by atoms with Crippen LogP contribution >= 0.6 is 0 Å². The number of anilines is 1. The highest BCUT2D eigenvalue weighted by Gasteiger charge is 2.14. The molecule has 0 radical (unpaired) electrons. The minimum Gasteiger partial charge on any atom is -0.454 e. The van der Waals surface area contributed by atoms with Crippen molar-refractivity contribution in [2.45, 2.75) is 12.8 Å². The quantitative estimate of drug-likeness (QED) is 0.926. The van der Waals surface area contributed by atoms with Gasteiger partial charge in [-0.15, -0.1) is 0 Å². The summed E-state index contributed by atoms with van der Waals surface area (Å²) in [6.45, 7) is 0.230. The molecule has 0 fully saturated rings. The van der Waals surface area contributed by atoms with E-state index in [-0.39, 0.29) is 12.7 Å². The summed E-state index contributed by atoms with van der Waals surface area (Å²) in [6.07, 6.45) is 4.58. The van der Waals surface area contributed by atoms with Gasteiger partial charge in [-0.05, 0) is 30.2 Å². The number of ether oxygens (including phenoxy) is 2. The average Bonchev–Trinajstić information content (AvgIpc) is 2.94. The predicted octanol–water partition coefficient (Wildman–Crippen LogP) is 2.38. The summed E-state index contributed by atoms with van der Waals surface area (Å²) < 4.78 is 10.5. The van der Waals surface area contributed by atoms with Crippen molar-refractivity contribution in [2.24, 2.45) is 0 Å². The van der Waals surface area contributed by atoms with Crippen LogP contribution in [0.3, 0.4) is 0 Å². The van der Waals surface area contributed by atoms with Gasteiger partial charge in [0.15, 0.2) is 11.5 Å². The van der Waals surface area contributed by atoms with Gasteiger partial charge in [-0.25, -0.2) is 0 Å². The van der Waals surface area contributed by atoms with E-state index in [1.807, 2.05) is 12.1 Å². The Morgan fingerprint density at radius 3 is 3.00 bits per heavy atom. The summed E-state index contributed by atoms with van der Waals surface area (Å²) in [4.78, 5) is 15.9.